The fourth-order valence-corrected chi connectivity index (χ4v) is 2.75. The highest BCUT2D eigenvalue weighted by atomic mass is 32.1. The Morgan fingerprint density at radius 2 is 2.56 bits per heavy atom. The van der Waals surface area contributed by atoms with E-state index < -0.39 is 0 Å². The molecular formula is C11H17N3OS. The number of rotatable bonds is 3. The summed E-state index contributed by atoms with van der Waals surface area (Å²) in [5.74, 6) is -0.146. The topological polar surface area (TPSA) is 59.2 Å². The molecule has 0 bridgehead atoms. The quantitative estimate of drug-likeness (QED) is 0.860. The number of thiazole rings is 1. The summed E-state index contributed by atoms with van der Waals surface area (Å²) < 4.78 is 0. The third kappa shape index (κ3) is 2.80. The summed E-state index contributed by atoms with van der Waals surface area (Å²) in [6, 6.07) is 0. The smallest absolute Gasteiger partial charge is 0.221 e. The molecule has 1 atom stereocenters. The number of hydrogen-bond acceptors (Lipinski definition) is 4. The first kappa shape index (κ1) is 11.5. The Morgan fingerprint density at radius 1 is 1.75 bits per heavy atom. The van der Waals surface area contributed by atoms with E-state index in [2.05, 4.69) is 15.3 Å². The van der Waals surface area contributed by atoms with Gasteiger partial charge in [-0.05, 0) is 26.3 Å². The monoisotopic (exact) mass is 239 g/mol. The predicted molar refractivity (Wildman–Crippen MR) is 64.0 cm³/mol. The van der Waals surface area contributed by atoms with E-state index in [0.29, 0.717) is 0 Å². The maximum Gasteiger partial charge on any atom is 0.221 e. The van der Waals surface area contributed by atoms with E-state index in [1.54, 1.807) is 11.3 Å². The van der Waals surface area contributed by atoms with Crippen LogP contribution in [-0.4, -0.2) is 28.9 Å². The molecule has 2 rings (SSSR count). The van der Waals surface area contributed by atoms with Crippen molar-refractivity contribution in [3.8, 4) is 0 Å². The summed E-state index contributed by atoms with van der Waals surface area (Å²) in [5.41, 5.74) is 6.45. The first-order valence-corrected chi connectivity index (χ1v) is 6.46. The normalized spacial score (nSPS) is 22.2. The van der Waals surface area contributed by atoms with Gasteiger partial charge in [0.2, 0.25) is 5.91 Å². The number of primary amides is 1. The van der Waals surface area contributed by atoms with Crippen molar-refractivity contribution in [1.29, 1.82) is 0 Å². The van der Waals surface area contributed by atoms with E-state index in [4.69, 9.17) is 5.73 Å². The Bertz CT molecular complexity index is 377. The molecule has 1 fully saturated rings. The van der Waals surface area contributed by atoms with Crippen molar-refractivity contribution >= 4 is 17.2 Å². The number of hydrogen-bond donors (Lipinski definition) is 1. The van der Waals surface area contributed by atoms with Crippen LogP contribution in [0.2, 0.25) is 0 Å². The second-order valence-electron chi connectivity index (χ2n) is 4.33. The zero-order valence-electron chi connectivity index (χ0n) is 9.48. The highest BCUT2D eigenvalue weighted by Gasteiger charge is 2.24. The number of aromatic nitrogens is 1. The van der Waals surface area contributed by atoms with Crippen molar-refractivity contribution in [2.75, 3.05) is 13.1 Å². The molecular weight excluding hydrogens is 222 g/mol. The van der Waals surface area contributed by atoms with Crippen LogP contribution in [0.4, 0.5) is 0 Å². The second kappa shape index (κ2) is 4.93. The minimum absolute atomic E-state index is 0.0217. The standard InChI is InChI=1S/C11H17N3OS/c1-8-13-10(7-16-8)6-14-4-2-3-9(5-14)11(12)15/h7,9H,2-6H2,1H3,(H2,12,15). The summed E-state index contributed by atoms with van der Waals surface area (Å²) in [5, 5.41) is 3.18. The van der Waals surface area contributed by atoms with Gasteiger partial charge in [0.15, 0.2) is 0 Å². The first-order chi connectivity index (χ1) is 7.65. The maximum absolute atomic E-state index is 11.1. The molecule has 0 saturated carbocycles. The number of aryl methyl sites for hydroxylation is 1. The van der Waals surface area contributed by atoms with E-state index in [1.165, 1.54) is 0 Å². The van der Waals surface area contributed by atoms with Crippen molar-refractivity contribution in [2.24, 2.45) is 11.7 Å². The molecule has 4 nitrogen and oxygen atoms in total. The van der Waals surface area contributed by atoms with Crippen LogP contribution >= 0.6 is 11.3 Å². The molecule has 88 valence electrons. The molecule has 1 aliphatic heterocycles. The highest BCUT2D eigenvalue weighted by molar-refractivity contribution is 7.09. The minimum atomic E-state index is -0.167. The number of carbonyl (C=O) groups is 1. The highest BCUT2D eigenvalue weighted by Crippen LogP contribution is 2.18. The van der Waals surface area contributed by atoms with Gasteiger partial charge in [-0.15, -0.1) is 11.3 Å². The van der Waals surface area contributed by atoms with E-state index in [0.717, 1.165) is 43.2 Å². The third-order valence-electron chi connectivity index (χ3n) is 2.96. The predicted octanol–water partition coefficient (Wildman–Crippen LogP) is 1.15. The van der Waals surface area contributed by atoms with Crippen molar-refractivity contribution in [3.63, 3.8) is 0 Å². The summed E-state index contributed by atoms with van der Waals surface area (Å²) in [4.78, 5) is 17.8. The number of nitrogens with two attached hydrogens (primary N) is 1. The zero-order valence-corrected chi connectivity index (χ0v) is 10.3. The molecule has 2 N–H and O–H groups in total. The van der Waals surface area contributed by atoms with Gasteiger partial charge in [-0.3, -0.25) is 9.69 Å². The molecule has 1 aromatic heterocycles. The minimum Gasteiger partial charge on any atom is -0.369 e. The average molecular weight is 239 g/mol. The lowest BCUT2D eigenvalue weighted by atomic mass is 9.97. The number of piperidine rings is 1. The van der Waals surface area contributed by atoms with Gasteiger partial charge in [-0.2, -0.15) is 0 Å². The molecule has 1 unspecified atom stereocenters. The molecule has 0 spiro atoms. The lowest BCUT2D eigenvalue weighted by molar-refractivity contribution is -0.123. The molecule has 0 aliphatic carbocycles. The molecule has 0 radical (unpaired) electrons. The van der Waals surface area contributed by atoms with Gasteiger partial charge in [0, 0.05) is 18.5 Å². The number of amides is 1. The fourth-order valence-electron chi connectivity index (χ4n) is 2.14. The lowest BCUT2D eigenvalue weighted by Crippen LogP contribution is -2.40. The molecule has 16 heavy (non-hydrogen) atoms. The van der Waals surface area contributed by atoms with Gasteiger partial charge < -0.3 is 5.73 Å². The largest absolute Gasteiger partial charge is 0.369 e. The lowest BCUT2D eigenvalue weighted by Gasteiger charge is -2.30. The first-order valence-electron chi connectivity index (χ1n) is 5.58. The Morgan fingerprint density at radius 3 is 3.19 bits per heavy atom. The second-order valence-corrected chi connectivity index (χ2v) is 5.40. The number of carbonyl (C=O) groups excluding carboxylic acids is 1. The van der Waals surface area contributed by atoms with Crippen LogP contribution in [0.3, 0.4) is 0 Å². The molecule has 1 aliphatic rings. The van der Waals surface area contributed by atoms with Gasteiger partial charge in [0.05, 0.1) is 16.6 Å². The van der Waals surface area contributed by atoms with E-state index in [9.17, 15) is 4.79 Å². The van der Waals surface area contributed by atoms with Crippen LogP contribution in [0.15, 0.2) is 5.38 Å². The van der Waals surface area contributed by atoms with Gasteiger partial charge in [0.25, 0.3) is 0 Å². The van der Waals surface area contributed by atoms with Gasteiger partial charge >= 0.3 is 0 Å². The van der Waals surface area contributed by atoms with E-state index in [1.807, 2.05) is 6.92 Å². The molecule has 1 amide bonds. The number of nitrogens with zero attached hydrogens (tertiary/aromatic N) is 2. The van der Waals surface area contributed by atoms with Gasteiger partial charge in [0.1, 0.15) is 0 Å². The van der Waals surface area contributed by atoms with E-state index in [-0.39, 0.29) is 11.8 Å². The summed E-state index contributed by atoms with van der Waals surface area (Å²) in [7, 11) is 0. The van der Waals surface area contributed by atoms with Crippen molar-refractivity contribution in [1.82, 2.24) is 9.88 Å². The third-order valence-corrected chi connectivity index (χ3v) is 3.78. The van der Waals surface area contributed by atoms with Gasteiger partial charge in [-0.1, -0.05) is 0 Å². The van der Waals surface area contributed by atoms with Crippen molar-refractivity contribution in [2.45, 2.75) is 26.3 Å². The van der Waals surface area contributed by atoms with Crippen LogP contribution < -0.4 is 5.73 Å². The van der Waals surface area contributed by atoms with Crippen LogP contribution in [0, 0.1) is 12.8 Å². The Kier molecular flexibility index (Phi) is 3.56. The molecule has 0 aromatic carbocycles. The van der Waals surface area contributed by atoms with Crippen LogP contribution in [0.25, 0.3) is 0 Å². The van der Waals surface area contributed by atoms with Crippen molar-refractivity contribution < 1.29 is 4.79 Å². The SMILES string of the molecule is Cc1nc(CN2CCCC(C(N)=O)C2)cs1. The fraction of sp³-hybridized carbons (Fsp3) is 0.636. The maximum atomic E-state index is 11.1. The molecule has 1 saturated heterocycles. The Balaban J connectivity index is 1.92. The average Bonchev–Trinajstić information content (AvgIpc) is 2.64. The van der Waals surface area contributed by atoms with Crippen LogP contribution in [0.1, 0.15) is 23.5 Å². The Hall–Kier alpha value is -0.940. The van der Waals surface area contributed by atoms with Crippen molar-refractivity contribution in [3.05, 3.63) is 16.1 Å². The molecule has 2 heterocycles. The van der Waals surface area contributed by atoms with E-state index >= 15 is 0 Å². The van der Waals surface area contributed by atoms with Gasteiger partial charge in [-0.25, -0.2) is 4.98 Å². The summed E-state index contributed by atoms with van der Waals surface area (Å²) in [6.07, 6.45) is 1.98. The molecule has 1 aromatic rings. The molecule has 5 heteroatoms. The zero-order chi connectivity index (χ0) is 11.5. The summed E-state index contributed by atoms with van der Waals surface area (Å²) >= 11 is 1.67. The van der Waals surface area contributed by atoms with Crippen LogP contribution in [0.5, 0.6) is 0 Å². The summed E-state index contributed by atoms with van der Waals surface area (Å²) in [6.45, 7) is 4.68. The number of likely N-dealkylation sites (tertiary alicyclic amines) is 1. The Labute approximate surface area is 99.5 Å². The van der Waals surface area contributed by atoms with Crippen LogP contribution in [-0.2, 0) is 11.3 Å².